The van der Waals surface area contributed by atoms with Crippen LogP contribution in [0, 0.1) is 0 Å². The van der Waals surface area contributed by atoms with Gasteiger partial charge in [-0.1, -0.05) is 12.1 Å². The molecule has 72 heavy (non-hydrogen) atoms. The van der Waals surface area contributed by atoms with Crippen molar-refractivity contribution >= 4 is 94.4 Å². The van der Waals surface area contributed by atoms with Crippen LogP contribution < -0.4 is 36.0 Å². The Labute approximate surface area is 424 Å². The fraction of sp³-hybridized carbons (Fsp3) is 0.388. The van der Waals surface area contributed by atoms with E-state index in [1.165, 1.54) is 6.20 Å². The molecule has 4 aromatic heterocycles. The van der Waals surface area contributed by atoms with Gasteiger partial charge in [0, 0.05) is 120 Å². The van der Waals surface area contributed by atoms with Crippen LogP contribution in [0.4, 0.5) is 34.5 Å². The molecule has 0 radical (unpaired) electrons. The molecular formula is C49H56BrN15O6S. The molecular weight excluding hydrogens is 1010 g/mol. The first kappa shape index (κ1) is 48.7. The number of para-hydroxylation sites is 1. The molecule has 7 heterocycles. The number of sulfonamides is 1. The lowest BCUT2D eigenvalue weighted by atomic mass is 9.98. The Balaban J connectivity index is 0.809. The number of amides is 2. The van der Waals surface area contributed by atoms with E-state index in [1.54, 1.807) is 45.5 Å². The monoisotopic (exact) mass is 1060 g/mol. The number of piperidine rings is 2. The molecule has 0 aliphatic carbocycles. The summed E-state index contributed by atoms with van der Waals surface area (Å²) in [6.45, 7) is 8.85. The summed E-state index contributed by atoms with van der Waals surface area (Å²) in [6, 6.07) is 13.3. The maximum Gasteiger partial charge on any atom is 0.329 e. The molecule has 3 saturated heterocycles. The second-order valence-corrected chi connectivity index (χ2v) is 21.0. The zero-order chi connectivity index (χ0) is 50.3. The number of ether oxygens (including phenoxy) is 1. The second kappa shape index (κ2) is 20.3. The molecule has 2 amide bonds. The molecule has 3 aliphatic heterocycles. The standard InChI is InChI=1S/C49H56BrN15O6S/c1-5-64-45-30(7-6-8-38(45)65(49(64)68)39-11-12-42(66)57-47(39)67)13-18-61-21-23-62(24-22-61)32-14-19-63(20-15-32)40-26-41(71-3)37(25-33(40)31-27-54-60(2)29-31)56-48-53-28-34(50)46(58-48)55-36-10-9-35-43(52-17-16-51-35)44(36)59-72(4,69)70/h6-10,16-17,25-29,32,39,59H,5,11-15,18-24H2,1-4H3,(H,57,66,67)(H2,53,55,56,58). The molecule has 23 heteroatoms. The number of halogens is 1. The Morgan fingerprint density at radius 3 is 2.43 bits per heavy atom. The third-order valence-electron chi connectivity index (χ3n) is 13.8. The Morgan fingerprint density at radius 2 is 1.71 bits per heavy atom. The molecule has 376 valence electrons. The fourth-order valence-corrected chi connectivity index (χ4v) is 11.2. The second-order valence-electron chi connectivity index (χ2n) is 18.4. The number of fused-ring (bicyclic) bond motifs is 2. The molecule has 3 aromatic carbocycles. The Bertz CT molecular complexity index is 3380. The lowest BCUT2D eigenvalue weighted by Crippen LogP contribution is -2.53. The number of methoxy groups -OCH3 is 1. The van der Waals surface area contributed by atoms with Gasteiger partial charge in [0.1, 0.15) is 23.1 Å². The smallest absolute Gasteiger partial charge is 0.329 e. The van der Waals surface area contributed by atoms with Gasteiger partial charge in [-0.3, -0.25) is 48.3 Å². The number of piperazine rings is 1. The number of carbonyl (C=O) groups is 2. The van der Waals surface area contributed by atoms with Crippen molar-refractivity contribution in [3.8, 4) is 16.9 Å². The van der Waals surface area contributed by atoms with Gasteiger partial charge in [0.05, 0.1) is 57.6 Å². The number of hydrogen-bond acceptors (Lipinski definition) is 16. The molecule has 0 spiro atoms. The van der Waals surface area contributed by atoms with E-state index in [-0.39, 0.29) is 29.7 Å². The minimum atomic E-state index is -3.68. The first-order valence-electron chi connectivity index (χ1n) is 24.0. The first-order valence-corrected chi connectivity index (χ1v) is 26.7. The van der Waals surface area contributed by atoms with E-state index in [0.717, 1.165) is 105 Å². The highest BCUT2D eigenvalue weighted by Gasteiger charge is 2.33. The summed E-state index contributed by atoms with van der Waals surface area (Å²) in [5.74, 6) is 0.519. The summed E-state index contributed by atoms with van der Waals surface area (Å²) < 4.78 is 39.2. The quantitative estimate of drug-likeness (QED) is 0.0943. The van der Waals surface area contributed by atoms with Gasteiger partial charge in [-0.25, -0.2) is 18.2 Å². The summed E-state index contributed by atoms with van der Waals surface area (Å²) in [4.78, 5) is 64.1. The fourth-order valence-electron chi connectivity index (χ4n) is 10.3. The number of carbonyl (C=O) groups excluding carboxylic acids is 2. The number of imidazole rings is 1. The van der Waals surface area contributed by atoms with Crippen LogP contribution in [-0.4, -0.2) is 134 Å². The van der Waals surface area contributed by atoms with Crippen LogP contribution in [0.2, 0.25) is 0 Å². The van der Waals surface area contributed by atoms with Crippen molar-refractivity contribution in [3.63, 3.8) is 0 Å². The highest BCUT2D eigenvalue weighted by molar-refractivity contribution is 9.10. The van der Waals surface area contributed by atoms with Crippen LogP contribution in [0.3, 0.4) is 0 Å². The molecule has 1 atom stereocenters. The van der Waals surface area contributed by atoms with Crippen molar-refractivity contribution in [1.82, 2.24) is 54.0 Å². The molecule has 4 N–H and O–H groups in total. The average Bonchev–Trinajstić information content (AvgIpc) is 3.94. The van der Waals surface area contributed by atoms with E-state index < -0.39 is 22.0 Å². The topological polar surface area (TPSA) is 232 Å². The Kier molecular flexibility index (Phi) is 13.7. The predicted molar refractivity (Wildman–Crippen MR) is 280 cm³/mol. The van der Waals surface area contributed by atoms with Crippen molar-refractivity contribution < 1.29 is 22.7 Å². The van der Waals surface area contributed by atoms with E-state index in [0.29, 0.717) is 57.5 Å². The van der Waals surface area contributed by atoms with Crippen LogP contribution in [0.25, 0.3) is 33.2 Å². The number of hydrogen-bond donors (Lipinski definition) is 4. The van der Waals surface area contributed by atoms with Crippen LogP contribution in [0.1, 0.15) is 44.2 Å². The lowest BCUT2D eigenvalue weighted by molar-refractivity contribution is -0.135. The first-order chi connectivity index (χ1) is 34.7. The van der Waals surface area contributed by atoms with E-state index in [2.05, 4.69) is 83.5 Å². The highest BCUT2D eigenvalue weighted by atomic mass is 79.9. The maximum absolute atomic E-state index is 13.7. The Hall–Kier alpha value is -6.95. The third kappa shape index (κ3) is 9.97. The van der Waals surface area contributed by atoms with E-state index in [9.17, 15) is 22.8 Å². The van der Waals surface area contributed by atoms with Crippen molar-refractivity contribution in [1.29, 1.82) is 0 Å². The maximum atomic E-state index is 13.7. The number of rotatable bonds is 15. The largest absolute Gasteiger partial charge is 0.494 e. The van der Waals surface area contributed by atoms with Crippen LogP contribution in [0.5, 0.6) is 5.75 Å². The lowest BCUT2D eigenvalue weighted by Gasteiger charge is -2.43. The number of anilines is 6. The van der Waals surface area contributed by atoms with Crippen molar-refractivity contribution in [2.24, 2.45) is 7.05 Å². The van der Waals surface area contributed by atoms with Gasteiger partial charge in [-0.15, -0.1) is 0 Å². The molecule has 21 nitrogen and oxygen atoms in total. The van der Waals surface area contributed by atoms with E-state index in [4.69, 9.17) is 9.72 Å². The number of nitrogens with one attached hydrogen (secondary N) is 4. The van der Waals surface area contributed by atoms with Crippen LogP contribution in [-0.2, 0) is 39.6 Å². The van der Waals surface area contributed by atoms with Crippen molar-refractivity contribution in [2.75, 3.05) is 79.4 Å². The summed E-state index contributed by atoms with van der Waals surface area (Å²) in [7, 11) is -0.144. The van der Waals surface area contributed by atoms with Gasteiger partial charge in [0.25, 0.3) is 0 Å². The highest BCUT2D eigenvalue weighted by Crippen LogP contribution is 2.42. The van der Waals surface area contributed by atoms with Crippen molar-refractivity contribution in [3.05, 3.63) is 94.0 Å². The Morgan fingerprint density at radius 1 is 0.917 bits per heavy atom. The molecule has 10 rings (SSSR count). The van der Waals surface area contributed by atoms with Crippen LogP contribution in [0.15, 0.2) is 82.7 Å². The van der Waals surface area contributed by atoms with Gasteiger partial charge >= 0.3 is 5.69 Å². The summed E-state index contributed by atoms with van der Waals surface area (Å²) in [5, 5.41) is 13.6. The number of benzene rings is 3. The number of aromatic nitrogens is 8. The van der Waals surface area contributed by atoms with Gasteiger partial charge in [-0.2, -0.15) is 10.1 Å². The van der Waals surface area contributed by atoms with E-state index >= 15 is 0 Å². The summed E-state index contributed by atoms with van der Waals surface area (Å²) in [5.41, 5.74) is 7.62. The zero-order valence-electron chi connectivity index (χ0n) is 40.4. The van der Waals surface area contributed by atoms with Gasteiger partial charge in [0.2, 0.25) is 27.8 Å². The molecule has 1 unspecified atom stereocenters. The number of aryl methyl sites for hydroxylation is 2. The number of nitrogens with zero attached hydrogens (tertiary/aromatic N) is 11. The van der Waals surface area contributed by atoms with Gasteiger partial charge in [-0.05, 0) is 78.4 Å². The van der Waals surface area contributed by atoms with Gasteiger partial charge in [0.15, 0.2) is 0 Å². The molecule has 3 aliphatic rings. The minimum absolute atomic E-state index is 0.208. The summed E-state index contributed by atoms with van der Waals surface area (Å²) >= 11 is 3.56. The minimum Gasteiger partial charge on any atom is -0.494 e. The third-order valence-corrected chi connectivity index (χ3v) is 15.0. The van der Waals surface area contributed by atoms with Gasteiger partial charge < -0.3 is 25.2 Å². The zero-order valence-corrected chi connectivity index (χ0v) is 42.8. The molecule has 0 bridgehead atoms. The molecule has 0 saturated carbocycles. The number of imide groups is 1. The SMILES string of the molecule is CCn1c(=O)n(C2CCC(=O)NC2=O)c2cccc(CCN3CCN(C4CCN(c5cc(OC)c(Nc6ncc(Br)c(Nc7ccc8nccnc8c7NS(C)(=O)=O)n6)cc5-c5cnn(C)c5)CC4)CC3)c21. The molecule has 3 fully saturated rings. The molecule has 7 aromatic rings. The van der Waals surface area contributed by atoms with Crippen molar-refractivity contribution in [2.45, 2.75) is 57.7 Å². The van der Waals surface area contributed by atoms with Crippen LogP contribution >= 0.6 is 15.9 Å². The predicted octanol–water partition coefficient (Wildman–Crippen LogP) is 5.39. The summed E-state index contributed by atoms with van der Waals surface area (Å²) in [6.07, 6.45) is 12.9. The average molecular weight is 1060 g/mol. The normalized spacial score (nSPS) is 17.4. The van der Waals surface area contributed by atoms with E-state index in [1.807, 2.05) is 44.6 Å².